The molecule has 0 saturated heterocycles. The van der Waals surface area contributed by atoms with E-state index in [0.29, 0.717) is 29.3 Å². The van der Waals surface area contributed by atoms with Crippen LogP contribution in [-0.4, -0.2) is 22.8 Å². The van der Waals surface area contributed by atoms with Crippen LogP contribution in [0.25, 0.3) is 11.3 Å². The third-order valence-electron chi connectivity index (χ3n) is 4.71. The van der Waals surface area contributed by atoms with Crippen molar-refractivity contribution in [2.24, 2.45) is 4.99 Å². The molecule has 0 amide bonds. The lowest BCUT2D eigenvalue weighted by Gasteiger charge is -2.10. The van der Waals surface area contributed by atoms with Gasteiger partial charge in [-0.25, -0.2) is 9.37 Å². The van der Waals surface area contributed by atoms with E-state index in [9.17, 15) is 4.39 Å². The highest BCUT2D eigenvalue weighted by molar-refractivity contribution is 6.17. The number of nitrogens with two attached hydrogens (primary N) is 1. The fraction of sp³-hybridized carbons (Fsp3) is 0.136. The molecule has 0 fully saturated rings. The number of hydrogen-bond donors (Lipinski definition) is 1. The molecule has 1 aliphatic rings. The number of methoxy groups -OCH3 is 1. The second kappa shape index (κ2) is 7.23. The van der Waals surface area contributed by atoms with Crippen molar-refractivity contribution in [3.05, 3.63) is 83.1 Å². The van der Waals surface area contributed by atoms with Crippen LogP contribution < -0.4 is 10.5 Å². The van der Waals surface area contributed by atoms with Gasteiger partial charge in [-0.05, 0) is 42.8 Å². The predicted octanol–water partition coefficient (Wildman–Crippen LogP) is 4.28. The molecule has 0 atom stereocenters. The van der Waals surface area contributed by atoms with Crippen molar-refractivity contribution in [3.8, 4) is 5.75 Å². The lowest BCUT2D eigenvalue weighted by molar-refractivity contribution is 0.415. The van der Waals surface area contributed by atoms with Crippen molar-refractivity contribution in [2.45, 2.75) is 13.3 Å². The lowest BCUT2D eigenvalue weighted by atomic mass is 9.96. The molecule has 5 nitrogen and oxygen atoms in total. The summed E-state index contributed by atoms with van der Waals surface area (Å²) >= 11 is 0. The zero-order valence-electron chi connectivity index (χ0n) is 15.6. The number of hydrogen-bond acceptors (Lipinski definition) is 5. The van der Waals surface area contributed by atoms with Gasteiger partial charge in [0.1, 0.15) is 5.82 Å². The van der Waals surface area contributed by atoms with Crippen LogP contribution in [0.15, 0.2) is 60.0 Å². The molecule has 0 saturated carbocycles. The Hall–Kier alpha value is -3.54. The first-order chi connectivity index (χ1) is 13.6. The van der Waals surface area contributed by atoms with Gasteiger partial charge < -0.3 is 10.5 Å². The normalized spacial score (nSPS) is 13.6. The highest BCUT2D eigenvalue weighted by atomic mass is 19.1. The number of halogens is 1. The van der Waals surface area contributed by atoms with Crippen LogP contribution >= 0.6 is 0 Å². The number of pyridine rings is 2. The van der Waals surface area contributed by atoms with Crippen LogP contribution in [0.1, 0.15) is 28.7 Å². The van der Waals surface area contributed by atoms with Crippen LogP contribution in [0.5, 0.6) is 5.75 Å². The summed E-state index contributed by atoms with van der Waals surface area (Å²) in [6.45, 7) is 1.94. The molecule has 1 aliphatic heterocycles. The summed E-state index contributed by atoms with van der Waals surface area (Å²) in [4.78, 5) is 13.1. The van der Waals surface area contributed by atoms with Gasteiger partial charge in [0, 0.05) is 41.7 Å². The summed E-state index contributed by atoms with van der Waals surface area (Å²) in [6.07, 6.45) is 5.59. The van der Waals surface area contributed by atoms with Gasteiger partial charge in [-0.1, -0.05) is 11.6 Å². The van der Waals surface area contributed by atoms with Gasteiger partial charge in [0.15, 0.2) is 11.6 Å². The number of nitrogen functional groups attached to an aromatic ring is 1. The van der Waals surface area contributed by atoms with E-state index < -0.39 is 0 Å². The molecule has 140 valence electrons. The van der Waals surface area contributed by atoms with Crippen LogP contribution in [-0.2, 0) is 0 Å². The van der Waals surface area contributed by atoms with E-state index in [2.05, 4.69) is 9.97 Å². The Kier molecular flexibility index (Phi) is 4.61. The maximum absolute atomic E-state index is 14.5. The summed E-state index contributed by atoms with van der Waals surface area (Å²) in [6, 6.07) is 10.7. The van der Waals surface area contributed by atoms with Gasteiger partial charge in [0.2, 0.25) is 0 Å². The van der Waals surface area contributed by atoms with Crippen molar-refractivity contribution in [1.82, 2.24) is 9.97 Å². The first-order valence-electron chi connectivity index (χ1n) is 8.84. The smallest absolute Gasteiger partial charge is 0.166 e. The Morgan fingerprint density at radius 2 is 1.86 bits per heavy atom. The number of rotatable bonds is 4. The Morgan fingerprint density at radius 1 is 1.07 bits per heavy atom. The van der Waals surface area contributed by atoms with E-state index in [1.807, 2.05) is 31.2 Å². The minimum Gasteiger partial charge on any atom is -0.493 e. The summed E-state index contributed by atoms with van der Waals surface area (Å²) in [5, 5.41) is 0. The number of anilines is 1. The van der Waals surface area contributed by atoms with Crippen LogP contribution in [0, 0.1) is 12.7 Å². The van der Waals surface area contributed by atoms with Gasteiger partial charge in [0.25, 0.3) is 0 Å². The average Bonchev–Trinajstić information content (AvgIpc) is 3.16. The fourth-order valence-electron chi connectivity index (χ4n) is 3.28. The Morgan fingerprint density at radius 3 is 2.61 bits per heavy atom. The van der Waals surface area contributed by atoms with Gasteiger partial charge in [-0.15, -0.1) is 0 Å². The number of aliphatic imine (C=N–C) groups is 1. The van der Waals surface area contributed by atoms with Gasteiger partial charge in [0.05, 0.1) is 18.5 Å². The van der Waals surface area contributed by atoms with Gasteiger partial charge in [-0.3, -0.25) is 9.98 Å². The number of aromatic nitrogens is 2. The van der Waals surface area contributed by atoms with E-state index in [-0.39, 0.29) is 5.82 Å². The first kappa shape index (κ1) is 17.9. The second-order valence-corrected chi connectivity index (χ2v) is 6.59. The highest BCUT2D eigenvalue weighted by Gasteiger charge is 2.24. The molecule has 0 spiro atoms. The first-order valence-corrected chi connectivity index (χ1v) is 8.84. The number of allylic oxidation sites excluding steroid dienone is 1. The van der Waals surface area contributed by atoms with Crippen molar-refractivity contribution >= 4 is 22.8 Å². The molecule has 2 aromatic heterocycles. The Bertz CT molecular complexity index is 1110. The molecule has 6 heteroatoms. The van der Waals surface area contributed by atoms with Crippen LogP contribution in [0.3, 0.4) is 0 Å². The summed E-state index contributed by atoms with van der Waals surface area (Å²) in [7, 11) is 1.55. The molecule has 3 heterocycles. The maximum atomic E-state index is 14.5. The average molecular weight is 374 g/mol. The number of aryl methyl sites for hydroxylation is 1. The number of benzene rings is 1. The molecular weight excluding hydrogens is 355 g/mol. The van der Waals surface area contributed by atoms with E-state index in [0.717, 1.165) is 28.0 Å². The van der Waals surface area contributed by atoms with Crippen LogP contribution in [0.2, 0.25) is 0 Å². The van der Waals surface area contributed by atoms with Gasteiger partial charge in [-0.2, -0.15) is 0 Å². The molecule has 3 aromatic rings. The second-order valence-electron chi connectivity index (χ2n) is 6.59. The maximum Gasteiger partial charge on any atom is 0.166 e. The van der Waals surface area contributed by atoms with E-state index in [1.54, 1.807) is 31.8 Å². The molecule has 0 radical (unpaired) electrons. The standard InChI is InChI=1S/C22H19FN4O/c1-13-3-4-18(23)17(9-13)19-11-16(15-10-20(28-2)22(24)26-12-15)21(27-19)14-5-7-25-8-6-14/h3-10,12H,11H2,1-2H3,(H2,24,26). The number of ether oxygens (including phenoxy) is 1. The predicted molar refractivity (Wildman–Crippen MR) is 109 cm³/mol. The van der Waals surface area contributed by atoms with E-state index >= 15 is 0 Å². The van der Waals surface area contributed by atoms with Crippen molar-refractivity contribution in [2.75, 3.05) is 12.8 Å². The monoisotopic (exact) mass is 374 g/mol. The fourth-order valence-corrected chi connectivity index (χ4v) is 3.28. The van der Waals surface area contributed by atoms with Gasteiger partial charge >= 0.3 is 0 Å². The Labute approximate surface area is 162 Å². The lowest BCUT2D eigenvalue weighted by Crippen LogP contribution is -2.03. The largest absolute Gasteiger partial charge is 0.493 e. The summed E-state index contributed by atoms with van der Waals surface area (Å²) in [5.41, 5.74) is 11.5. The Balaban J connectivity index is 1.85. The molecule has 0 bridgehead atoms. The minimum atomic E-state index is -0.285. The third kappa shape index (κ3) is 3.24. The molecule has 28 heavy (non-hydrogen) atoms. The topological polar surface area (TPSA) is 73.4 Å². The minimum absolute atomic E-state index is 0.285. The molecular formula is C22H19FN4O. The zero-order chi connectivity index (χ0) is 19.7. The molecule has 0 aliphatic carbocycles. The summed E-state index contributed by atoms with van der Waals surface area (Å²) in [5.74, 6) is 0.531. The third-order valence-corrected chi connectivity index (χ3v) is 4.71. The van der Waals surface area contributed by atoms with Crippen molar-refractivity contribution in [3.63, 3.8) is 0 Å². The SMILES string of the molecule is COc1cc(C2=C(c3ccncc3)N=C(c3cc(C)ccc3F)C2)cnc1N. The van der Waals surface area contributed by atoms with Crippen molar-refractivity contribution < 1.29 is 9.13 Å². The zero-order valence-corrected chi connectivity index (χ0v) is 15.6. The van der Waals surface area contributed by atoms with Crippen molar-refractivity contribution in [1.29, 1.82) is 0 Å². The quantitative estimate of drug-likeness (QED) is 0.740. The highest BCUT2D eigenvalue weighted by Crippen LogP contribution is 2.38. The molecule has 4 rings (SSSR count). The molecule has 0 unspecified atom stereocenters. The van der Waals surface area contributed by atoms with E-state index in [4.69, 9.17) is 15.5 Å². The van der Waals surface area contributed by atoms with Crippen LogP contribution in [0.4, 0.5) is 10.2 Å². The number of nitrogens with zero attached hydrogens (tertiary/aromatic N) is 3. The molecule has 2 N–H and O–H groups in total. The molecule has 1 aromatic carbocycles. The summed E-state index contributed by atoms with van der Waals surface area (Å²) < 4.78 is 19.8. The van der Waals surface area contributed by atoms with E-state index in [1.165, 1.54) is 6.07 Å².